The molecule has 100 valence electrons. The van der Waals surface area contributed by atoms with Crippen molar-refractivity contribution in [1.82, 2.24) is 0 Å². The van der Waals surface area contributed by atoms with Crippen LogP contribution in [0.2, 0.25) is 5.02 Å². The molecule has 0 fully saturated rings. The van der Waals surface area contributed by atoms with Crippen molar-refractivity contribution in [3.05, 3.63) is 63.4 Å². The molecule has 0 saturated heterocycles. The lowest BCUT2D eigenvalue weighted by Crippen LogP contribution is -2.04. The van der Waals surface area contributed by atoms with E-state index in [1.54, 1.807) is 12.1 Å². The van der Waals surface area contributed by atoms with Gasteiger partial charge in [-0.25, -0.2) is 4.39 Å². The van der Waals surface area contributed by atoms with Gasteiger partial charge in [-0.1, -0.05) is 23.7 Å². The SMILES string of the molecule is Cc1cc(C)c(CNc2cc(Cl)ccc2F)cc1C. The highest BCUT2D eigenvalue weighted by Crippen LogP contribution is 2.21. The average molecular weight is 278 g/mol. The Hall–Kier alpha value is -1.54. The molecule has 1 N–H and O–H groups in total. The maximum absolute atomic E-state index is 13.6. The molecule has 0 bridgehead atoms. The van der Waals surface area contributed by atoms with E-state index in [1.807, 2.05) is 0 Å². The molecule has 0 spiro atoms. The lowest BCUT2D eigenvalue weighted by Gasteiger charge is -2.12. The molecule has 3 heteroatoms. The molecule has 2 rings (SSSR count). The Bertz CT molecular complexity index is 608. The smallest absolute Gasteiger partial charge is 0.146 e. The van der Waals surface area contributed by atoms with E-state index in [2.05, 4.69) is 38.2 Å². The fourth-order valence-corrected chi connectivity index (χ4v) is 2.21. The first-order valence-electron chi connectivity index (χ1n) is 6.23. The molecule has 1 nitrogen and oxygen atoms in total. The molecule has 0 atom stereocenters. The van der Waals surface area contributed by atoms with Crippen LogP contribution in [0.5, 0.6) is 0 Å². The number of halogens is 2. The summed E-state index contributed by atoms with van der Waals surface area (Å²) in [6.45, 7) is 6.83. The van der Waals surface area contributed by atoms with Gasteiger partial charge in [0, 0.05) is 11.6 Å². The molecule has 0 unspecified atom stereocenters. The molecule has 0 saturated carbocycles. The molecular weight excluding hydrogens is 261 g/mol. The summed E-state index contributed by atoms with van der Waals surface area (Å²) in [6.07, 6.45) is 0. The summed E-state index contributed by atoms with van der Waals surface area (Å²) >= 11 is 5.87. The molecule has 0 aliphatic heterocycles. The predicted octanol–water partition coefficient (Wildman–Crippen LogP) is 5.02. The topological polar surface area (TPSA) is 12.0 Å². The Morgan fingerprint density at radius 3 is 2.42 bits per heavy atom. The van der Waals surface area contributed by atoms with Crippen LogP contribution in [-0.2, 0) is 6.54 Å². The second-order valence-electron chi connectivity index (χ2n) is 4.84. The van der Waals surface area contributed by atoms with Crippen molar-refractivity contribution >= 4 is 17.3 Å². The molecule has 0 amide bonds. The van der Waals surface area contributed by atoms with Crippen molar-refractivity contribution in [1.29, 1.82) is 0 Å². The van der Waals surface area contributed by atoms with E-state index in [0.29, 0.717) is 17.3 Å². The van der Waals surface area contributed by atoms with Crippen LogP contribution in [0.25, 0.3) is 0 Å². The zero-order valence-corrected chi connectivity index (χ0v) is 12.1. The number of anilines is 1. The van der Waals surface area contributed by atoms with Gasteiger partial charge < -0.3 is 5.32 Å². The largest absolute Gasteiger partial charge is 0.379 e. The van der Waals surface area contributed by atoms with E-state index in [-0.39, 0.29) is 5.82 Å². The maximum atomic E-state index is 13.6. The highest BCUT2D eigenvalue weighted by Gasteiger charge is 2.05. The van der Waals surface area contributed by atoms with Crippen LogP contribution in [0.3, 0.4) is 0 Å². The fraction of sp³-hybridized carbons (Fsp3) is 0.250. The molecule has 0 heterocycles. The van der Waals surface area contributed by atoms with Crippen molar-refractivity contribution in [3.63, 3.8) is 0 Å². The number of rotatable bonds is 3. The van der Waals surface area contributed by atoms with E-state index in [0.717, 1.165) is 0 Å². The van der Waals surface area contributed by atoms with E-state index >= 15 is 0 Å². The molecule has 2 aromatic rings. The highest BCUT2D eigenvalue weighted by molar-refractivity contribution is 6.30. The summed E-state index contributed by atoms with van der Waals surface area (Å²) in [5.41, 5.74) is 5.33. The van der Waals surface area contributed by atoms with Crippen LogP contribution in [0.15, 0.2) is 30.3 Å². The third-order valence-electron chi connectivity index (χ3n) is 3.35. The van der Waals surface area contributed by atoms with Crippen LogP contribution in [-0.4, -0.2) is 0 Å². The first kappa shape index (κ1) is 13.9. The summed E-state index contributed by atoms with van der Waals surface area (Å²) in [6, 6.07) is 8.81. The van der Waals surface area contributed by atoms with Gasteiger partial charge in [-0.2, -0.15) is 0 Å². The fourth-order valence-electron chi connectivity index (χ4n) is 2.03. The minimum absolute atomic E-state index is 0.286. The van der Waals surface area contributed by atoms with Crippen LogP contribution in [0.1, 0.15) is 22.3 Å². The summed E-state index contributed by atoms with van der Waals surface area (Å²) < 4.78 is 13.6. The molecule has 2 aromatic carbocycles. The average Bonchev–Trinajstić information content (AvgIpc) is 2.36. The summed E-state index contributed by atoms with van der Waals surface area (Å²) in [5.74, 6) is -0.286. The summed E-state index contributed by atoms with van der Waals surface area (Å²) in [5, 5.41) is 3.63. The van der Waals surface area contributed by atoms with Crippen LogP contribution < -0.4 is 5.32 Å². The van der Waals surface area contributed by atoms with E-state index in [9.17, 15) is 4.39 Å². The second kappa shape index (κ2) is 5.62. The lowest BCUT2D eigenvalue weighted by atomic mass is 10.0. The first-order chi connectivity index (χ1) is 8.97. The summed E-state index contributed by atoms with van der Waals surface area (Å²) in [7, 11) is 0. The lowest BCUT2D eigenvalue weighted by molar-refractivity contribution is 0.630. The Labute approximate surface area is 118 Å². The van der Waals surface area contributed by atoms with Gasteiger partial charge in [0.05, 0.1) is 5.69 Å². The molecule has 0 aliphatic carbocycles. The second-order valence-corrected chi connectivity index (χ2v) is 5.28. The third kappa shape index (κ3) is 3.27. The van der Waals surface area contributed by atoms with Gasteiger partial charge in [-0.3, -0.25) is 0 Å². The van der Waals surface area contributed by atoms with Gasteiger partial charge in [0.15, 0.2) is 0 Å². The molecular formula is C16H17ClFN. The van der Waals surface area contributed by atoms with Gasteiger partial charge in [0.25, 0.3) is 0 Å². The molecule has 19 heavy (non-hydrogen) atoms. The zero-order valence-electron chi connectivity index (χ0n) is 11.3. The molecule has 0 aromatic heterocycles. The predicted molar refractivity (Wildman–Crippen MR) is 79.4 cm³/mol. The van der Waals surface area contributed by atoms with Gasteiger partial charge >= 0.3 is 0 Å². The summed E-state index contributed by atoms with van der Waals surface area (Å²) in [4.78, 5) is 0. The Balaban J connectivity index is 2.19. The number of hydrogen-bond acceptors (Lipinski definition) is 1. The van der Waals surface area contributed by atoms with E-state index in [1.165, 1.54) is 28.3 Å². The van der Waals surface area contributed by atoms with Crippen LogP contribution >= 0.6 is 11.6 Å². The normalized spacial score (nSPS) is 10.6. The monoisotopic (exact) mass is 277 g/mol. The minimum atomic E-state index is -0.286. The number of aryl methyl sites for hydroxylation is 3. The van der Waals surface area contributed by atoms with Crippen molar-refractivity contribution in [2.75, 3.05) is 5.32 Å². The van der Waals surface area contributed by atoms with Gasteiger partial charge in [-0.05, 0) is 61.2 Å². The van der Waals surface area contributed by atoms with Crippen molar-refractivity contribution in [2.24, 2.45) is 0 Å². The third-order valence-corrected chi connectivity index (χ3v) is 3.59. The quantitative estimate of drug-likeness (QED) is 0.831. The molecule has 0 radical (unpaired) electrons. The first-order valence-corrected chi connectivity index (χ1v) is 6.61. The van der Waals surface area contributed by atoms with Gasteiger partial charge in [0.1, 0.15) is 5.82 Å². The van der Waals surface area contributed by atoms with Crippen molar-refractivity contribution < 1.29 is 4.39 Å². The standard InChI is InChI=1S/C16H17ClFN/c1-10-6-12(3)13(7-11(10)2)9-19-16-8-14(17)4-5-15(16)18/h4-8,19H,9H2,1-3H3. The van der Waals surface area contributed by atoms with Gasteiger partial charge in [-0.15, -0.1) is 0 Å². The van der Waals surface area contributed by atoms with Crippen molar-refractivity contribution in [2.45, 2.75) is 27.3 Å². The Morgan fingerprint density at radius 1 is 1.00 bits per heavy atom. The maximum Gasteiger partial charge on any atom is 0.146 e. The van der Waals surface area contributed by atoms with Crippen molar-refractivity contribution in [3.8, 4) is 0 Å². The Morgan fingerprint density at radius 2 is 1.68 bits per heavy atom. The number of hydrogen-bond donors (Lipinski definition) is 1. The van der Waals surface area contributed by atoms with E-state index in [4.69, 9.17) is 11.6 Å². The highest BCUT2D eigenvalue weighted by atomic mass is 35.5. The van der Waals surface area contributed by atoms with Crippen LogP contribution in [0.4, 0.5) is 10.1 Å². The van der Waals surface area contributed by atoms with Gasteiger partial charge in [0.2, 0.25) is 0 Å². The molecule has 0 aliphatic rings. The Kier molecular flexibility index (Phi) is 4.11. The van der Waals surface area contributed by atoms with Crippen LogP contribution in [0, 0.1) is 26.6 Å². The van der Waals surface area contributed by atoms with E-state index < -0.39 is 0 Å². The number of benzene rings is 2. The minimum Gasteiger partial charge on any atom is -0.379 e. The number of nitrogens with one attached hydrogen (secondary N) is 1. The zero-order chi connectivity index (χ0) is 14.0.